The van der Waals surface area contributed by atoms with Crippen molar-refractivity contribution in [3.05, 3.63) is 42.9 Å². The fourth-order valence-corrected chi connectivity index (χ4v) is 3.04. The summed E-state index contributed by atoms with van der Waals surface area (Å²) in [6.45, 7) is 1.63. The Morgan fingerprint density at radius 2 is 2.21 bits per heavy atom. The Hall–Kier alpha value is -2.60. The number of hydrogen-bond acceptors (Lipinski definition) is 5. The Labute approximate surface area is 140 Å². The highest BCUT2D eigenvalue weighted by molar-refractivity contribution is 5.76. The van der Waals surface area contributed by atoms with Crippen molar-refractivity contribution >= 4 is 11.5 Å². The number of nitrogens with one attached hydrogen (secondary N) is 1. The van der Waals surface area contributed by atoms with Crippen LogP contribution in [0, 0.1) is 0 Å². The molecule has 1 unspecified atom stereocenters. The lowest BCUT2D eigenvalue weighted by Gasteiger charge is -2.13. The fraction of sp³-hybridized carbons (Fsp3) is 0.333. The summed E-state index contributed by atoms with van der Waals surface area (Å²) in [5.41, 5.74) is 2.76. The van der Waals surface area contributed by atoms with Gasteiger partial charge in [0.25, 0.3) is 0 Å². The second-order valence-electron chi connectivity index (χ2n) is 5.86. The lowest BCUT2D eigenvalue weighted by molar-refractivity contribution is 0.120. The molecule has 3 heterocycles. The van der Waals surface area contributed by atoms with Gasteiger partial charge in [0, 0.05) is 31.1 Å². The first-order valence-corrected chi connectivity index (χ1v) is 8.17. The van der Waals surface area contributed by atoms with Crippen LogP contribution in [0.5, 0.6) is 5.75 Å². The van der Waals surface area contributed by atoms with Crippen LogP contribution in [0.1, 0.15) is 12.8 Å². The number of methoxy groups -OCH3 is 1. The minimum Gasteiger partial charge on any atom is -0.497 e. The number of aromatic nitrogens is 3. The van der Waals surface area contributed by atoms with Crippen molar-refractivity contribution in [2.45, 2.75) is 18.9 Å². The predicted octanol–water partition coefficient (Wildman–Crippen LogP) is 3.00. The van der Waals surface area contributed by atoms with Gasteiger partial charge in [-0.2, -0.15) is 0 Å². The number of imidazole rings is 1. The zero-order valence-electron chi connectivity index (χ0n) is 13.6. The molecule has 1 aliphatic heterocycles. The summed E-state index contributed by atoms with van der Waals surface area (Å²) in [5, 5.41) is 3.52. The number of nitrogens with zero attached hydrogens (tertiary/aromatic N) is 3. The van der Waals surface area contributed by atoms with E-state index in [0.29, 0.717) is 0 Å². The molecule has 4 rings (SSSR count). The summed E-state index contributed by atoms with van der Waals surface area (Å²) in [7, 11) is 1.67. The van der Waals surface area contributed by atoms with Gasteiger partial charge in [-0.1, -0.05) is 0 Å². The van der Waals surface area contributed by atoms with Gasteiger partial charge in [-0.15, -0.1) is 0 Å². The molecule has 24 heavy (non-hydrogen) atoms. The van der Waals surface area contributed by atoms with Crippen LogP contribution in [-0.4, -0.2) is 40.7 Å². The van der Waals surface area contributed by atoms with Crippen LogP contribution in [0.25, 0.3) is 16.9 Å². The Morgan fingerprint density at radius 1 is 1.33 bits per heavy atom. The molecule has 2 aromatic heterocycles. The summed E-state index contributed by atoms with van der Waals surface area (Å²) in [4.78, 5) is 8.91. The first kappa shape index (κ1) is 15.0. The van der Waals surface area contributed by atoms with E-state index in [1.54, 1.807) is 19.5 Å². The smallest absolute Gasteiger partial charge is 0.157 e. The van der Waals surface area contributed by atoms with Crippen LogP contribution in [0.3, 0.4) is 0 Å². The molecule has 0 bridgehead atoms. The topological polar surface area (TPSA) is 60.7 Å². The Balaban J connectivity index is 1.70. The monoisotopic (exact) mass is 324 g/mol. The number of benzene rings is 1. The maximum Gasteiger partial charge on any atom is 0.157 e. The zero-order valence-corrected chi connectivity index (χ0v) is 13.6. The molecule has 1 aliphatic rings. The molecule has 1 fully saturated rings. The summed E-state index contributed by atoms with van der Waals surface area (Å²) in [6, 6.07) is 7.93. The van der Waals surface area contributed by atoms with Crippen LogP contribution in [0.15, 0.2) is 42.9 Å². The third-order valence-corrected chi connectivity index (χ3v) is 4.31. The molecule has 6 heteroatoms. The van der Waals surface area contributed by atoms with Crippen molar-refractivity contribution < 1.29 is 9.47 Å². The molecule has 1 atom stereocenters. The van der Waals surface area contributed by atoms with Gasteiger partial charge in [-0.25, -0.2) is 4.98 Å². The van der Waals surface area contributed by atoms with E-state index in [9.17, 15) is 0 Å². The van der Waals surface area contributed by atoms with Gasteiger partial charge in [-0.05, 0) is 37.1 Å². The van der Waals surface area contributed by atoms with E-state index >= 15 is 0 Å². The van der Waals surface area contributed by atoms with Crippen molar-refractivity contribution in [3.63, 3.8) is 0 Å². The lowest BCUT2D eigenvalue weighted by atomic mass is 10.1. The molecule has 124 valence electrons. The molecule has 0 radical (unpaired) electrons. The fourth-order valence-electron chi connectivity index (χ4n) is 3.04. The van der Waals surface area contributed by atoms with Gasteiger partial charge in [0.15, 0.2) is 5.65 Å². The van der Waals surface area contributed by atoms with E-state index in [1.807, 2.05) is 34.9 Å². The molecule has 0 amide bonds. The average Bonchev–Trinajstić information content (AvgIpc) is 3.27. The third kappa shape index (κ3) is 2.80. The maximum atomic E-state index is 5.72. The second-order valence-corrected chi connectivity index (χ2v) is 5.86. The molecular weight excluding hydrogens is 304 g/mol. The van der Waals surface area contributed by atoms with Crippen LogP contribution >= 0.6 is 0 Å². The summed E-state index contributed by atoms with van der Waals surface area (Å²) in [5.74, 6) is 1.80. The van der Waals surface area contributed by atoms with E-state index in [-0.39, 0.29) is 6.10 Å². The van der Waals surface area contributed by atoms with E-state index < -0.39 is 0 Å². The molecule has 0 spiro atoms. The number of hydrogen-bond donors (Lipinski definition) is 1. The minimum absolute atomic E-state index is 0.265. The highest BCUT2D eigenvalue weighted by atomic mass is 16.5. The molecule has 1 N–H and O–H groups in total. The number of rotatable bonds is 5. The summed E-state index contributed by atoms with van der Waals surface area (Å²) in [6.07, 6.45) is 7.96. The maximum absolute atomic E-state index is 5.72. The normalized spacial score (nSPS) is 17.3. The largest absolute Gasteiger partial charge is 0.497 e. The Bertz CT molecular complexity index is 823. The summed E-state index contributed by atoms with van der Waals surface area (Å²) >= 11 is 0. The van der Waals surface area contributed by atoms with Crippen molar-refractivity contribution in [2.24, 2.45) is 0 Å². The molecular formula is C18H20N4O2. The van der Waals surface area contributed by atoms with Crippen molar-refractivity contribution in [2.75, 3.05) is 25.6 Å². The first-order chi connectivity index (χ1) is 11.8. The number of anilines is 1. The zero-order chi connectivity index (χ0) is 16.4. The first-order valence-electron chi connectivity index (χ1n) is 8.17. The van der Waals surface area contributed by atoms with Gasteiger partial charge in [0.05, 0.1) is 19.4 Å². The van der Waals surface area contributed by atoms with E-state index in [1.165, 1.54) is 0 Å². The van der Waals surface area contributed by atoms with Gasteiger partial charge in [0.2, 0.25) is 0 Å². The quantitative estimate of drug-likeness (QED) is 0.782. The Kier molecular flexibility index (Phi) is 4.04. The molecule has 6 nitrogen and oxygen atoms in total. The van der Waals surface area contributed by atoms with Crippen LogP contribution in [0.2, 0.25) is 0 Å². The molecule has 1 aromatic carbocycles. The molecule has 3 aromatic rings. The predicted molar refractivity (Wildman–Crippen MR) is 92.4 cm³/mol. The van der Waals surface area contributed by atoms with E-state index in [4.69, 9.17) is 14.5 Å². The van der Waals surface area contributed by atoms with Gasteiger partial charge < -0.3 is 14.8 Å². The molecule has 0 saturated carbocycles. The summed E-state index contributed by atoms with van der Waals surface area (Å²) < 4.78 is 13.0. The van der Waals surface area contributed by atoms with Crippen LogP contribution in [-0.2, 0) is 4.74 Å². The highest BCUT2D eigenvalue weighted by Crippen LogP contribution is 2.30. The number of ether oxygens (including phenoxy) is 2. The van der Waals surface area contributed by atoms with Crippen molar-refractivity contribution in [1.82, 2.24) is 14.4 Å². The van der Waals surface area contributed by atoms with E-state index in [0.717, 1.165) is 54.5 Å². The molecule has 0 aliphatic carbocycles. The van der Waals surface area contributed by atoms with Gasteiger partial charge in [-0.3, -0.25) is 9.38 Å². The van der Waals surface area contributed by atoms with Crippen LogP contribution in [0.4, 0.5) is 5.82 Å². The molecule has 1 saturated heterocycles. The highest BCUT2D eigenvalue weighted by Gasteiger charge is 2.18. The average molecular weight is 324 g/mol. The van der Waals surface area contributed by atoms with Gasteiger partial charge >= 0.3 is 0 Å². The van der Waals surface area contributed by atoms with Crippen LogP contribution < -0.4 is 10.1 Å². The standard InChI is InChI=1S/C18H20N4O2/c1-23-14-6-4-13(5-7-14)17-18(20-11-15-3-2-10-24-15)22-9-8-19-12-16(22)21-17/h4-9,12,15,20H,2-3,10-11H2,1H3. The number of fused-ring (bicyclic) bond motifs is 1. The SMILES string of the molecule is COc1ccc(-c2nc3cnccn3c2NCC2CCCO2)cc1. The van der Waals surface area contributed by atoms with Gasteiger partial charge in [0.1, 0.15) is 17.3 Å². The van der Waals surface area contributed by atoms with E-state index in [2.05, 4.69) is 10.3 Å². The third-order valence-electron chi connectivity index (χ3n) is 4.31. The van der Waals surface area contributed by atoms with Crippen molar-refractivity contribution in [1.29, 1.82) is 0 Å². The Morgan fingerprint density at radius 3 is 2.96 bits per heavy atom. The second kappa shape index (κ2) is 6.49. The van der Waals surface area contributed by atoms with Crippen molar-refractivity contribution in [3.8, 4) is 17.0 Å². The lowest BCUT2D eigenvalue weighted by Crippen LogP contribution is -2.19. The minimum atomic E-state index is 0.265.